The largest absolute Gasteiger partial charge is 0.449 e. The summed E-state index contributed by atoms with van der Waals surface area (Å²) >= 11 is 0. The van der Waals surface area contributed by atoms with Crippen molar-refractivity contribution in [2.24, 2.45) is 0 Å². The Morgan fingerprint density at radius 2 is 1.96 bits per heavy atom. The van der Waals surface area contributed by atoms with E-state index in [0.29, 0.717) is 11.6 Å². The Kier molecular flexibility index (Phi) is 5.11. The van der Waals surface area contributed by atoms with Gasteiger partial charge in [-0.2, -0.15) is 0 Å². The third-order valence-electron chi connectivity index (χ3n) is 3.79. The van der Waals surface area contributed by atoms with Crippen molar-refractivity contribution in [1.29, 1.82) is 0 Å². The van der Waals surface area contributed by atoms with Gasteiger partial charge in [-0.3, -0.25) is 10.1 Å². The third-order valence-corrected chi connectivity index (χ3v) is 3.79. The Morgan fingerprint density at radius 3 is 2.63 bits per heavy atom. The summed E-state index contributed by atoms with van der Waals surface area (Å²) in [4.78, 5) is 22.9. The van der Waals surface area contributed by atoms with E-state index in [9.17, 15) is 14.9 Å². The fraction of sp³-hybridized carbons (Fsp3) is 0.167. The summed E-state index contributed by atoms with van der Waals surface area (Å²) in [5.74, 6) is -0.293. The summed E-state index contributed by atoms with van der Waals surface area (Å²) in [5, 5.41) is 21.7. The molecule has 0 radical (unpaired) electrons. The quantitative estimate of drug-likeness (QED) is 0.398. The third kappa shape index (κ3) is 3.92. The molecule has 9 nitrogen and oxygen atoms in total. The molecule has 0 aliphatic carbocycles. The van der Waals surface area contributed by atoms with Gasteiger partial charge in [0.2, 0.25) is 5.89 Å². The number of aromatic nitrogens is 2. The van der Waals surface area contributed by atoms with Crippen LogP contribution in [0.25, 0.3) is 11.5 Å². The van der Waals surface area contributed by atoms with Gasteiger partial charge in [0.05, 0.1) is 10.5 Å². The molecule has 0 spiro atoms. The minimum absolute atomic E-state index is 0.0512. The molecule has 1 atom stereocenters. The van der Waals surface area contributed by atoms with E-state index in [-0.39, 0.29) is 17.1 Å². The van der Waals surface area contributed by atoms with Crippen molar-refractivity contribution in [1.82, 2.24) is 10.2 Å². The molecule has 2 aromatic carbocycles. The molecule has 27 heavy (non-hydrogen) atoms. The number of nitro groups is 1. The number of nitro benzene ring substituents is 1. The van der Waals surface area contributed by atoms with Crippen LogP contribution in [0.5, 0.6) is 0 Å². The van der Waals surface area contributed by atoms with Gasteiger partial charge < -0.3 is 14.5 Å². The zero-order chi connectivity index (χ0) is 19.4. The SMILES string of the molecule is CNc1ccc(C(=O)O[C@@H](C)c2nnc(-c3ccccc3)o2)cc1[N+](=O)[O-]. The number of benzene rings is 2. The summed E-state index contributed by atoms with van der Waals surface area (Å²) in [5.41, 5.74) is 0.876. The maximum atomic E-state index is 12.3. The first-order chi connectivity index (χ1) is 13.0. The smallest absolute Gasteiger partial charge is 0.339 e. The van der Waals surface area contributed by atoms with Gasteiger partial charge in [-0.05, 0) is 31.2 Å². The number of anilines is 1. The maximum absolute atomic E-state index is 12.3. The number of nitrogens with zero attached hydrogens (tertiary/aromatic N) is 3. The van der Waals surface area contributed by atoms with E-state index in [1.807, 2.05) is 30.3 Å². The zero-order valence-electron chi connectivity index (χ0n) is 14.6. The average Bonchev–Trinajstić information content (AvgIpc) is 3.18. The summed E-state index contributed by atoms with van der Waals surface area (Å²) in [7, 11) is 1.56. The molecule has 0 bridgehead atoms. The van der Waals surface area contributed by atoms with Gasteiger partial charge in [0.15, 0.2) is 6.10 Å². The summed E-state index contributed by atoms with van der Waals surface area (Å²) in [6, 6.07) is 13.2. The average molecular weight is 368 g/mol. The van der Waals surface area contributed by atoms with E-state index in [0.717, 1.165) is 11.6 Å². The monoisotopic (exact) mass is 368 g/mol. The van der Waals surface area contributed by atoms with Crippen molar-refractivity contribution >= 4 is 17.3 Å². The molecule has 0 fully saturated rings. The van der Waals surface area contributed by atoms with Crippen molar-refractivity contribution in [3.8, 4) is 11.5 Å². The number of hydrogen-bond acceptors (Lipinski definition) is 8. The van der Waals surface area contributed by atoms with Crippen LogP contribution in [0.3, 0.4) is 0 Å². The minimum Gasteiger partial charge on any atom is -0.449 e. The second-order valence-corrected chi connectivity index (χ2v) is 5.60. The fourth-order valence-electron chi connectivity index (χ4n) is 2.40. The molecular formula is C18H16N4O5. The van der Waals surface area contributed by atoms with Gasteiger partial charge in [-0.15, -0.1) is 10.2 Å². The second kappa shape index (κ2) is 7.65. The van der Waals surface area contributed by atoms with E-state index >= 15 is 0 Å². The Labute approximate surface area is 154 Å². The van der Waals surface area contributed by atoms with Gasteiger partial charge >= 0.3 is 5.97 Å². The predicted octanol–water partition coefficient (Wildman–Crippen LogP) is 3.60. The van der Waals surface area contributed by atoms with Crippen LogP contribution < -0.4 is 5.32 Å². The molecule has 3 rings (SSSR count). The number of nitrogens with one attached hydrogen (secondary N) is 1. The van der Waals surface area contributed by atoms with Crippen LogP contribution in [0.1, 0.15) is 29.3 Å². The number of rotatable bonds is 6. The molecule has 0 saturated carbocycles. The Bertz CT molecular complexity index is 971. The standard InChI is InChI=1S/C18H16N4O5/c1-11(16-20-21-17(27-16)12-6-4-3-5-7-12)26-18(23)13-8-9-14(19-2)15(10-13)22(24)25/h3-11,19H,1-2H3/t11-/m0/s1. The highest BCUT2D eigenvalue weighted by Gasteiger charge is 2.22. The molecule has 0 amide bonds. The minimum atomic E-state index is -0.814. The highest BCUT2D eigenvalue weighted by molar-refractivity contribution is 5.91. The van der Waals surface area contributed by atoms with Gasteiger partial charge in [-0.25, -0.2) is 4.79 Å². The first-order valence-electron chi connectivity index (χ1n) is 8.05. The topological polar surface area (TPSA) is 120 Å². The van der Waals surface area contributed by atoms with Crippen molar-refractivity contribution in [2.75, 3.05) is 12.4 Å². The van der Waals surface area contributed by atoms with E-state index in [4.69, 9.17) is 9.15 Å². The summed E-state index contributed by atoms with van der Waals surface area (Å²) < 4.78 is 10.9. The predicted molar refractivity (Wildman–Crippen MR) is 96.2 cm³/mol. The molecule has 0 unspecified atom stereocenters. The van der Waals surface area contributed by atoms with E-state index < -0.39 is 17.0 Å². The number of esters is 1. The molecular weight excluding hydrogens is 352 g/mol. The lowest BCUT2D eigenvalue weighted by molar-refractivity contribution is -0.384. The lowest BCUT2D eigenvalue weighted by Gasteiger charge is -2.10. The second-order valence-electron chi connectivity index (χ2n) is 5.60. The molecule has 9 heteroatoms. The highest BCUT2D eigenvalue weighted by Crippen LogP contribution is 2.27. The summed E-state index contributed by atoms with van der Waals surface area (Å²) in [6.45, 7) is 1.58. The van der Waals surface area contributed by atoms with Crippen molar-refractivity contribution < 1.29 is 18.9 Å². The van der Waals surface area contributed by atoms with Crippen molar-refractivity contribution in [3.05, 3.63) is 70.1 Å². The maximum Gasteiger partial charge on any atom is 0.339 e. The van der Waals surface area contributed by atoms with Crippen LogP contribution in [-0.4, -0.2) is 28.1 Å². The molecule has 3 aromatic rings. The Morgan fingerprint density at radius 1 is 1.22 bits per heavy atom. The van der Waals surface area contributed by atoms with Crippen LogP contribution in [0.15, 0.2) is 52.9 Å². The number of carbonyl (C=O) groups excluding carboxylic acids is 1. The molecule has 0 aliphatic rings. The Balaban J connectivity index is 1.75. The van der Waals surface area contributed by atoms with Gasteiger partial charge in [0.1, 0.15) is 5.69 Å². The highest BCUT2D eigenvalue weighted by atomic mass is 16.6. The zero-order valence-corrected chi connectivity index (χ0v) is 14.6. The lowest BCUT2D eigenvalue weighted by atomic mass is 10.1. The number of hydrogen-bond donors (Lipinski definition) is 1. The van der Waals surface area contributed by atoms with Crippen LogP contribution in [-0.2, 0) is 4.74 Å². The van der Waals surface area contributed by atoms with Crippen LogP contribution in [0.2, 0.25) is 0 Å². The number of carbonyl (C=O) groups is 1. The van der Waals surface area contributed by atoms with Gasteiger partial charge in [0.25, 0.3) is 11.6 Å². The molecule has 1 N–H and O–H groups in total. The van der Waals surface area contributed by atoms with Crippen LogP contribution >= 0.6 is 0 Å². The van der Waals surface area contributed by atoms with E-state index in [2.05, 4.69) is 15.5 Å². The van der Waals surface area contributed by atoms with Crippen molar-refractivity contribution in [3.63, 3.8) is 0 Å². The van der Waals surface area contributed by atoms with Crippen LogP contribution in [0, 0.1) is 10.1 Å². The Hall–Kier alpha value is -3.75. The molecule has 0 saturated heterocycles. The lowest BCUT2D eigenvalue weighted by Crippen LogP contribution is -2.10. The van der Waals surface area contributed by atoms with Crippen molar-refractivity contribution in [2.45, 2.75) is 13.0 Å². The molecule has 1 aromatic heterocycles. The van der Waals surface area contributed by atoms with Crippen LogP contribution in [0.4, 0.5) is 11.4 Å². The molecule has 1 heterocycles. The van der Waals surface area contributed by atoms with Gasteiger partial charge in [0, 0.05) is 18.7 Å². The number of ether oxygens (including phenoxy) is 1. The molecule has 138 valence electrons. The first-order valence-corrected chi connectivity index (χ1v) is 8.05. The first kappa shape index (κ1) is 18.1. The van der Waals surface area contributed by atoms with Gasteiger partial charge in [-0.1, -0.05) is 18.2 Å². The molecule has 0 aliphatic heterocycles. The summed E-state index contributed by atoms with van der Waals surface area (Å²) in [6.07, 6.45) is -0.814. The fourth-order valence-corrected chi connectivity index (χ4v) is 2.40. The van der Waals surface area contributed by atoms with E-state index in [1.54, 1.807) is 14.0 Å². The van der Waals surface area contributed by atoms with E-state index in [1.165, 1.54) is 12.1 Å². The normalized spacial score (nSPS) is 11.6.